The van der Waals surface area contributed by atoms with Crippen LogP contribution >= 0.6 is 27.5 Å². The van der Waals surface area contributed by atoms with Gasteiger partial charge < -0.3 is 28.4 Å². The lowest BCUT2D eigenvalue weighted by molar-refractivity contribution is -0.199. The van der Waals surface area contributed by atoms with Gasteiger partial charge in [0.25, 0.3) is 0 Å². The lowest BCUT2D eigenvalue weighted by Crippen LogP contribution is -2.56. The van der Waals surface area contributed by atoms with Gasteiger partial charge in [0.1, 0.15) is 41.0 Å². The summed E-state index contributed by atoms with van der Waals surface area (Å²) in [5.74, 6) is -0.718. The summed E-state index contributed by atoms with van der Waals surface area (Å²) in [5, 5.41) is 1.13. The summed E-state index contributed by atoms with van der Waals surface area (Å²) in [6, 6.07) is 0. The van der Waals surface area contributed by atoms with Crippen LogP contribution in [0.3, 0.4) is 0 Å². The van der Waals surface area contributed by atoms with Crippen LogP contribution in [0.4, 0.5) is 4.79 Å². The molecule has 6 rings (SSSR count). The van der Waals surface area contributed by atoms with Crippen LogP contribution in [0.5, 0.6) is 0 Å². The van der Waals surface area contributed by atoms with E-state index >= 15 is 0 Å². The first-order valence-electron chi connectivity index (χ1n) is 13.8. The molecule has 4 atom stereocenters. The van der Waals surface area contributed by atoms with Gasteiger partial charge in [-0.1, -0.05) is 11.6 Å². The van der Waals surface area contributed by atoms with Gasteiger partial charge in [-0.2, -0.15) is 0 Å². The number of hydrogen-bond donors (Lipinski definition) is 0. The summed E-state index contributed by atoms with van der Waals surface area (Å²) in [4.78, 5) is 25.7. The second-order valence-electron chi connectivity index (χ2n) is 12.6. The highest BCUT2D eigenvalue weighted by molar-refractivity contribution is 9.10. The second-order valence-corrected chi connectivity index (χ2v) is 13.8. The number of likely N-dealkylation sites (tertiary alicyclic amines) is 2. The molecule has 0 radical (unpaired) electrons. The molecular formula is C27H37BrClN5O5. The zero-order valence-electron chi connectivity index (χ0n) is 23.2. The molecule has 0 saturated carbocycles. The molecule has 4 aliphatic rings. The maximum atomic E-state index is 12.7. The van der Waals surface area contributed by atoms with Crippen LogP contribution in [-0.2, 0) is 18.9 Å². The van der Waals surface area contributed by atoms with Gasteiger partial charge in [0.2, 0.25) is 0 Å². The summed E-state index contributed by atoms with van der Waals surface area (Å²) >= 11 is 10.0. The van der Waals surface area contributed by atoms with Gasteiger partial charge in [0, 0.05) is 35.8 Å². The van der Waals surface area contributed by atoms with Crippen molar-refractivity contribution in [1.29, 1.82) is 0 Å². The fraction of sp³-hybridized carbons (Fsp3) is 0.741. The van der Waals surface area contributed by atoms with Gasteiger partial charge in [-0.05, 0) is 82.8 Å². The summed E-state index contributed by atoms with van der Waals surface area (Å²) < 4.78 is 28.0. The Morgan fingerprint density at radius 2 is 1.87 bits per heavy atom. The van der Waals surface area contributed by atoms with Crippen molar-refractivity contribution in [3.05, 3.63) is 22.1 Å². The Labute approximate surface area is 242 Å². The standard InChI is InChI=1S/C27H37BrClN5O5/c1-25(2,3)39-24(35)32-11-8-27(9-12-32)7-6-10-33(27)14-17-19-20(38-26(4,5)37-19)23(36-17)34-13-16(28)18-21(29)30-15-31-22(18)34/h13,15,17,19-20,23H,6-12,14H2,1-5H3/t17?,19-,20-,23?/m1/s1. The van der Waals surface area contributed by atoms with E-state index in [4.69, 9.17) is 30.5 Å². The van der Waals surface area contributed by atoms with Gasteiger partial charge in [0.15, 0.2) is 12.0 Å². The average molecular weight is 627 g/mol. The highest BCUT2D eigenvalue weighted by atomic mass is 79.9. The minimum Gasteiger partial charge on any atom is -0.444 e. The maximum absolute atomic E-state index is 12.7. The van der Waals surface area contributed by atoms with E-state index in [0.29, 0.717) is 23.9 Å². The van der Waals surface area contributed by atoms with E-state index in [0.717, 1.165) is 48.6 Å². The summed E-state index contributed by atoms with van der Waals surface area (Å²) in [7, 11) is 0. The first kappa shape index (κ1) is 27.7. The van der Waals surface area contributed by atoms with E-state index in [1.165, 1.54) is 6.33 Å². The minimum atomic E-state index is -0.718. The molecule has 4 aliphatic heterocycles. The Morgan fingerprint density at radius 1 is 1.15 bits per heavy atom. The molecule has 0 N–H and O–H groups in total. The number of carbonyl (C=O) groups is 1. The van der Waals surface area contributed by atoms with Crippen molar-refractivity contribution in [2.45, 2.75) is 102 Å². The van der Waals surface area contributed by atoms with Crippen molar-refractivity contribution in [2.75, 3.05) is 26.2 Å². The highest BCUT2D eigenvalue weighted by Crippen LogP contribution is 2.47. The lowest BCUT2D eigenvalue weighted by Gasteiger charge is -2.46. The minimum absolute atomic E-state index is 0.0500. The number of amides is 1. The van der Waals surface area contributed by atoms with Crippen molar-refractivity contribution >= 4 is 44.7 Å². The zero-order chi connectivity index (χ0) is 27.7. The van der Waals surface area contributed by atoms with Crippen LogP contribution in [0.1, 0.15) is 66.5 Å². The molecule has 2 aromatic heterocycles. The Bertz CT molecular complexity index is 1260. The fourth-order valence-corrected chi connectivity index (χ4v) is 7.65. The van der Waals surface area contributed by atoms with E-state index in [1.54, 1.807) is 0 Å². The van der Waals surface area contributed by atoms with Crippen LogP contribution in [0.2, 0.25) is 5.15 Å². The number of ether oxygens (including phenoxy) is 4. The highest BCUT2D eigenvalue weighted by Gasteiger charge is 2.57. The molecule has 0 aliphatic carbocycles. The Morgan fingerprint density at radius 3 is 2.59 bits per heavy atom. The summed E-state index contributed by atoms with van der Waals surface area (Å²) in [6.07, 6.45) is 6.14. The van der Waals surface area contributed by atoms with Gasteiger partial charge >= 0.3 is 6.09 Å². The molecular weight excluding hydrogens is 590 g/mol. The van der Waals surface area contributed by atoms with Gasteiger partial charge in [-0.3, -0.25) is 4.90 Å². The van der Waals surface area contributed by atoms with E-state index in [1.807, 2.05) is 50.3 Å². The number of nitrogens with zero attached hydrogens (tertiary/aromatic N) is 5. The number of halogens is 2. The van der Waals surface area contributed by atoms with Crippen molar-refractivity contribution in [3.63, 3.8) is 0 Å². The lowest BCUT2D eigenvalue weighted by atomic mass is 9.84. The molecule has 12 heteroatoms. The quantitative estimate of drug-likeness (QED) is 0.433. The normalized spacial score (nSPS) is 30.4. The number of carbonyl (C=O) groups excluding carboxylic acids is 1. The molecule has 2 aromatic rings. The Kier molecular flexibility index (Phi) is 6.95. The topological polar surface area (TPSA) is 91.2 Å². The number of fused-ring (bicyclic) bond motifs is 2. The molecule has 2 unspecified atom stereocenters. The van der Waals surface area contributed by atoms with Crippen molar-refractivity contribution in [3.8, 4) is 0 Å². The predicted molar refractivity (Wildman–Crippen MR) is 149 cm³/mol. The van der Waals surface area contributed by atoms with Gasteiger partial charge in [-0.25, -0.2) is 14.8 Å². The van der Waals surface area contributed by atoms with Crippen LogP contribution in [0.15, 0.2) is 17.0 Å². The third-order valence-corrected chi connectivity index (χ3v) is 9.29. The SMILES string of the molecule is CC(C)(C)OC(=O)N1CCC2(CCCN2CC2OC(n3cc(Br)c4c(Cl)ncnc43)[C@@H]3OC(C)(C)O[C@H]23)CC1. The van der Waals surface area contributed by atoms with E-state index < -0.39 is 17.6 Å². The molecule has 4 saturated heterocycles. The molecule has 6 heterocycles. The monoisotopic (exact) mass is 625 g/mol. The van der Waals surface area contributed by atoms with Crippen LogP contribution in [0, 0.1) is 0 Å². The molecule has 39 heavy (non-hydrogen) atoms. The van der Waals surface area contributed by atoms with Crippen molar-refractivity contribution in [2.24, 2.45) is 0 Å². The first-order chi connectivity index (χ1) is 18.4. The third kappa shape index (κ3) is 5.08. The molecule has 0 aromatic carbocycles. The fourth-order valence-electron chi connectivity index (χ4n) is 6.72. The zero-order valence-corrected chi connectivity index (χ0v) is 25.5. The number of rotatable bonds is 3. The van der Waals surface area contributed by atoms with E-state index in [2.05, 4.69) is 30.8 Å². The van der Waals surface area contributed by atoms with Gasteiger partial charge in [0.05, 0.1) is 5.39 Å². The van der Waals surface area contributed by atoms with Crippen molar-refractivity contribution < 1.29 is 23.7 Å². The van der Waals surface area contributed by atoms with Gasteiger partial charge in [-0.15, -0.1) is 0 Å². The Balaban J connectivity index is 1.21. The third-order valence-electron chi connectivity index (χ3n) is 8.40. The maximum Gasteiger partial charge on any atom is 0.410 e. The molecule has 1 spiro atoms. The number of piperidine rings is 1. The second kappa shape index (κ2) is 9.80. The van der Waals surface area contributed by atoms with E-state index in [-0.39, 0.29) is 29.9 Å². The molecule has 1 amide bonds. The van der Waals surface area contributed by atoms with Crippen LogP contribution < -0.4 is 0 Å². The van der Waals surface area contributed by atoms with Crippen LogP contribution in [-0.4, -0.2) is 91.8 Å². The first-order valence-corrected chi connectivity index (χ1v) is 14.9. The molecule has 4 fully saturated rings. The molecule has 10 nitrogen and oxygen atoms in total. The molecule has 214 valence electrons. The smallest absolute Gasteiger partial charge is 0.410 e. The number of aromatic nitrogens is 3. The number of hydrogen-bond acceptors (Lipinski definition) is 8. The summed E-state index contributed by atoms with van der Waals surface area (Å²) in [6.45, 7) is 12.7. The van der Waals surface area contributed by atoms with Crippen LogP contribution in [0.25, 0.3) is 11.0 Å². The van der Waals surface area contributed by atoms with Crippen molar-refractivity contribution in [1.82, 2.24) is 24.3 Å². The summed E-state index contributed by atoms with van der Waals surface area (Å²) in [5.41, 5.74) is 0.244. The largest absolute Gasteiger partial charge is 0.444 e. The predicted octanol–water partition coefficient (Wildman–Crippen LogP) is 5.13. The molecule has 0 bridgehead atoms. The van der Waals surface area contributed by atoms with E-state index in [9.17, 15) is 4.79 Å². The Hall–Kier alpha value is -1.50. The average Bonchev–Trinajstić information content (AvgIpc) is 3.56.